The number of benzene rings is 2. The SMILES string of the molecule is Cc1ccc(S(=O)(=O)N2[C@@H](C)[C@@H](c3ccccc3)O[C@H]2[C@H](O)CO)cc1. The van der Waals surface area contributed by atoms with Gasteiger partial charge in [0.1, 0.15) is 12.2 Å². The van der Waals surface area contributed by atoms with Gasteiger partial charge in [-0.3, -0.25) is 0 Å². The Morgan fingerprint density at radius 3 is 2.31 bits per heavy atom. The van der Waals surface area contributed by atoms with Gasteiger partial charge in [0.2, 0.25) is 10.0 Å². The van der Waals surface area contributed by atoms with Crippen LogP contribution in [0.4, 0.5) is 0 Å². The molecule has 0 amide bonds. The van der Waals surface area contributed by atoms with Crippen molar-refractivity contribution in [2.24, 2.45) is 0 Å². The van der Waals surface area contributed by atoms with E-state index >= 15 is 0 Å². The highest BCUT2D eigenvalue weighted by Crippen LogP contribution is 2.39. The molecule has 6 nitrogen and oxygen atoms in total. The van der Waals surface area contributed by atoms with Crippen LogP contribution in [-0.4, -0.2) is 47.9 Å². The van der Waals surface area contributed by atoms with E-state index in [-0.39, 0.29) is 4.90 Å². The van der Waals surface area contributed by atoms with Gasteiger partial charge in [0.05, 0.1) is 17.5 Å². The molecule has 1 aliphatic heterocycles. The van der Waals surface area contributed by atoms with Crippen LogP contribution in [0, 0.1) is 6.92 Å². The Labute approximate surface area is 153 Å². The van der Waals surface area contributed by atoms with Gasteiger partial charge in [0.25, 0.3) is 0 Å². The summed E-state index contributed by atoms with van der Waals surface area (Å²) >= 11 is 0. The van der Waals surface area contributed by atoms with Crippen molar-refractivity contribution in [2.75, 3.05) is 6.61 Å². The van der Waals surface area contributed by atoms with Gasteiger partial charge in [0, 0.05) is 0 Å². The van der Waals surface area contributed by atoms with E-state index in [0.29, 0.717) is 0 Å². The molecule has 2 aromatic carbocycles. The van der Waals surface area contributed by atoms with Crippen molar-refractivity contribution < 1.29 is 23.4 Å². The fraction of sp³-hybridized carbons (Fsp3) is 0.368. The minimum absolute atomic E-state index is 0.127. The van der Waals surface area contributed by atoms with Crippen LogP contribution >= 0.6 is 0 Å². The Kier molecular flexibility index (Phi) is 5.45. The molecule has 0 saturated carbocycles. The molecule has 2 aromatic rings. The van der Waals surface area contributed by atoms with Crippen molar-refractivity contribution in [1.82, 2.24) is 4.31 Å². The van der Waals surface area contributed by atoms with Gasteiger partial charge in [-0.2, -0.15) is 4.31 Å². The second-order valence-corrected chi connectivity index (χ2v) is 8.34. The maximum Gasteiger partial charge on any atom is 0.245 e. The molecule has 1 aliphatic rings. The number of aryl methyl sites for hydroxylation is 1. The van der Waals surface area contributed by atoms with Gasteiger partial charge in [-0.25, -0.2) is 8.42 Å². The van der Waals surface area contributed by atoms with E-state index in [0.717, 1.165) is 15.4 Å². The Morgan fingerprint density at radius 1 is 1.12 bits per heavy atom. The van der Waals surface area contributed by atoms with Gasteiger partial charge in [0.15, 0.2) is 6.23 Å². The number of hydrogen-bond donors (Lipinski definition) is 2. The average Bonchev–Trinajstić information content (AvgIpc) is 3.00. The number of nitrogens with zero attached hydrogens (tertiary/aromatic N) is 1. The topological polar surface area (TPSA) is 87.1 Å². The number of ether oxygens (including phenoxy) is 1. The summed E-state index contributed by atoms with van der Waals surface area (Å²) in [5, 5.41) is 19.6. The van der Waals surface area contributed by atoms with Crippen molar-refractivity contribution in [1.29, 1.82) is 0 Å². The second-order valence-electron chi connectivity index (χ2n) is 6.50. The Bertz CT molecular complexity index is 838. The maximum absolute atomic E-state index is 13.2. The first-order chi connectivity index (χ1) is 12.4. The lowest BCUT2D eigenvalue weighted by atomic mass is 10.0. The highest BCUT2D eigenvalue weighted by Gasteiger charge is 2.49. The summed E-state index contributed by atoms with van der Waals surface area (Å²) in [5.41, 5.74) is 1.76. The Balaban J connectivity index is 2.02. The van der Waals surface area contributed by atoms with Crippen LogP contribution in [0.5, 0.6) is 0 Å². The molecule has 140 valence electrons. The van der Waals surface area contributed by atoms with E-state index < -0.39 is 41.1 Å². The van der Waals surface area contributed by atoms with Gasteiger partial charge >= 0.3 is 0 Å². The van der Waals surface area contributed by atoms with E-state index in [1.54, 1.807) is 19.1 Å². The molecule has 0 radical (unpaired) electrons. The molecule has 0 aliphatic carbocycles. The first-order valence-corrected chi connectivity index (χ1v) is 9.90. The van der Waals surface area contributed by atoms with Gasteiger partial charge in [-0.15, -0.1) is 0 Å². The second kappa shape index (κ2) is 7.46. The monoisotopic (exact) mass is 377 g/mol. The minimum Gasteiger partial charge on any atom is -0.394 e. The summed E-state index contributed by atoms with van der Waals surface area (Å²) in [5.74, 6) is 0. The number of aliphatic hydroxyl groups is 2. The normalized spacial score (nSPS) is 25.3. The van der Waals surface area contributed by atoms with E-state index in [4.69, 9.17) is 4.74 Å². The van der Waals surface area contributed by atoms with Crippen LogP contribution in [0.2, 0.25) is 0 Å². The van der Waals surface area contributed by atoms with Gasteiger partial charge in [-0.05, 0) is 31.5 Å². The van der Waals surface area contributed by atoms with Crippen LogP contribution in [0.15, 0.2) is 59.5 Å². The molecule has 0 spiro atoms. The predicted molar refractivity (Wildman–Crippen MR) is 96.8 cm³/mol. The molecular weight excluding hydrogens is 354 g/mol. The summed E-state index contributed by atoms with van der Waals surface area (Å²) in [7, 11) is -3.91. The van der Waals surface area contributed by atoms with Gasteiger partial charge < -0.3 is 14.9 Å². The molecule has 0 unspecified atom stereocenters. The first-order valence-electron chi connectivity index (χ1n) is 8.46. The van der Waals surface area contributed by atoms with E-state index in [2.05, 4.69) is 0 Å². The molecule has 4 atom stereocenters. The van der Waals surface area contributed by atoms with E-state index in [1.165, 1.54) is 12.1 Å². The third-order valence-electron chi connectivity index (χ3n) is 4.62. The summed E-state index contributed by atoms with van der Waals surface area (Å²) in [6, 6.07) is 15.2. The molecule has 0 aromatic heterocycles. The van der Waals surface area contributed by atoms with Crippen LogP contribution in [-0.2, 0) is 14.8 Å². The highest BCUT2D eigenvalue weighted by atomic mass is 32.2. The fourth-order valence-electron chi connectivity index (χ4n) is 3.23. The van der Waals surface area contributed by atoms with Crippen molar-refractivity contribution in [3.8, 4) is 0 Å². The summed E-state index contributed by atoms with van der Waals surface area (Å²) < 4.78 is 33.5. The highest BCUT2D eigenvalue weighted by molar-refractivity contribution is 7.89. The lowest BCUT2D eigenvalue weighted by molar-refractivity contribution is -0.0796. The molecule has 1 saturated heterocycles. The average molecular weight is 377 g/mol. The molecule has 1 fully saturated rings. The zero-order chi connectivity index (χ0) is 18.9. The van der Waals surface area contributed by atoms with Crippen molar-refractivity contribution in [2.45, 2.75) is 43.2 Å². The van der Waals surface area contributed by atoms with Crippen LogP contribution in [0.25, 0.3) is 0 Å². The maximum atomic E-state index is 13.2. The van der Waals surface area contributed by atoms with Crippen molar-refractivity contribution >= 4 is 10.0 Å². The van der Waals surface area contributed by atoms with Crippen molar-refractivity contribution in [3.63, 3.8) is 0 Å². The largest absolute Gasteiger partial charge is 0.394 e. The molecule has 26 heavy (non-hydrogen) atoms. The number of hydrogen-bond acceptors (Lipinski definition) is 5. The molecular formula is C19H23NO5S. The molecule has 2 N–H and O–H groups in total. The first kappa shape index (κ1) is 19.0. The smallest absolute Gasteiger partial charge is 0.245 e. The van der Waals surface area contributed by atoms with E-state index in [1.807, 2.05) is 37.3 Å². The molecule has 0 bridgehead atoms. The summed E-state index contributed by atoms with van der Waals surface area (Å²) in [6.07, 6.45) is -3.04. The summed E-state index contributed by atoms with van der Waals surface area (Å²) in [4.78, 5) is 0.127. The van der Waals surface area contributed by atoms with Crippen LogP contribution in [0.1, 0.15) is 24.2 Å². The third kappa shape index (κ3) is 3.41. The summed E-state index contributed by atoms with van der Waals surface area (Å²) in [6.45, 7) is 3.02. The lowest BCUT2D eigenvalue weighted by Gasteiger charge is -2.28. The quantitative estimate of drug-likeness (QED) is 0.830. The standard InChI is InChI=1S/C19H23NO5S/c1-13-8-10-16(11-9-13)26(23,24)20-14(2)18(15-6-4-3-5-7-15)25-19(20)17(22)12-21/h3-11,14,17-19,21-22H,12H2,1-2H3/t14-,17+,18-,19-/m0/s1. The van der Waals surface area contributed by atoms with Crippen molar-refractivity contribution in [3.05, 3.63) is 65.7 Å². The zero-order valence-corrected chi connectivity index (χ0v) is 15.5. The molecule has 1 heterocycles. The fourth-order valence-corrected chi connectivity index (χ4v) is 4.96. The lowest BCUT2D eigenvalue weighted by Crippen LogP contribution is -2.47. The Hall–Kier alpha value is -1.77. The van der Waals surface area contributed by atoms with Gasteiger partial charge in [-0.1, -0.05) is 48.0 Å². The number of aliphatic hydroxyl groups excluding tert-OH is 2. The van der Waals surface area contributed by atoms with E-state index in [9.17, 15) is 18.6 Å². The Morgan fingerprint density at radius 2 is 1.73 bits per heavy atom. The van der Waals surface area contributed by atoms with Crippen LogP contribution in [0.3, 0.4) is 0 Å². The molecule has 7 heteroatoms. The third-order valence-corrected chi connectivity index (χ3v) is 6.58. The molecule has 3 rings (SSSR count). The predicted octanol–water partition coefficient (Wildman–Crippen LogP) is 1.83. The minimum atomic E-state index is -3.91. The zero-order valence-electron chi connectivity index (χ0n) is 14.7. The number of rotatable bonds is 5. The van der Waals surface area contributed by atoms with Crippen LogP contribution < -0.4 is 0 Å². The number of sulfonamides is 1.